The van der Waals surface area contributed by atoms with E-state index in [-0.39, 0.29) is 0 Å². The molecule has 2 rings (SSSR count). The summed E-state index contributed by atoms with van der Waals surface area (Å²) in [5.41, 5.74) is 0.938. The van der Waals surface area contributed by atoms with Gasteiger partial charge in [-0.2, -0.15) is 0 Å². The number of aromatic nitrogens is 1. The van der Waals surface area contributed by atoms with E-state index in [4.69, 9.17) is 27.9 Å². The summed E-state index contributed by atoms with van der Waals surface area (Å²) in [5, 5.41) is 1.65. The number of hydrogen-bond acceptors (Lipinski definition) is 2. The molecule has 0 radical (unpaired) electrons. The molecule has 1 heterocycles. The first-order valence-corrected chi connectivity index (χ1v) is 7.61. The first-order chi connectivity index (χ1) is 8.61. The number of ether oxygens (including phenoxy) is 1. The molecule has 0 aliphatic rings. The van der Waals surface area contributed by atoms with Crippen LogP contribution in [0.25, 0.3) is 0 Å². The van der Waals surface area contributed by atoms with E-state index in [0.29, 0.717) is 27.0 Å². The van der Waals surface area contributed by atoms with Crippen LogP contribution >= 0.6 is 55.1 Å². The van der Waals surface area contributed by atoms with Crippen LogP contribution in [0.3, 0.4) is 0 Å². The Hall–Kier alpha value is -0.290. The van der Waals surface area contributed by atoms with E-state index in [1.165, 1.54) is 0 Å². The first-order valence-electron chi connectivity index (χ1n) is 4.94. The van der Waals surface area contributed by atoms with Crippen molar-refractivity contribution in [2.24, 2.45) is 0 Å². The Kier molecular flexibility index (Phi) is 4.90. The molecule has 0 N–H and O–H groups in total. The molecular formula is C12H7Br2Cl2NO. The Balaban J connectivity index is 2.37. The zero-order valence-electron chi connectivity index (χ0n) is 8.96. The van der Waals surface area contributed by atoms with Gasteiger partial charge >= 0.3 is 0 Å². The fraction of sp³-hybridized carbons (Fsp3) is 0.0833. The number of benzene rings is 1. The number of rotatable bonds is 3. The zero-order valence-corrected chi connectivity index (χ0v) is 13.6. The van der Waals surface area contributed by atoms with Gasteiger partial charge in [0.15, 0.2) is 0 Å². The molecule has 1 aromatic heterocycles. The van der Waals surface area contributed by atoms with Gasteiger partial charge in [0.1, 0.15) is 5.75 Å². The second-order valence-corrected chi connectivity index (χ2v) is 5.63. The van der Waals surface area contributed by atoms with Gasteiger partial charge < -0.3 is 4.74 Å². The molecule has 0 fully saturated rings. The zero-order chi connectivity index (χ0) is 13.1. The Morgan fingerprint density at radius 3 is 2.72 bits per heavy atom. The van der Waals surface area contributed by atoms with Gasteiger partial charge in [-0.15, -0.1) is 0 Å². The average molecular weight is 412 g/mol. The van der Waals surface area contributed by atoms with E-state index in [0.717, 1.165) is 10.0 Å². The predicted molar refractivity (Wildman–Crippen MR) is 81.1 cm³/mol. The van der Waals surface area contributed by atoms with Gasteiger partial charge in [0.2, 0.25) is 5.88 Å². The molecule has 0 aliphatic carbocycles. The molecular weight excluding hydrogens is 405 g/mol. The molecule has 1 aromatic carbocycles. The quantitative estimate of drug-likeness (QED) is 0.467. The standard InChI is InChI=1S/C12H7Br2Cl2NO/c13-6-7-2-1-3-17-12(7)18-11-5-9(15)8(14)4-10(11)16/h1-5H,6H2. The second-order valence-electron chi connectivity index (χ2n) is 3.40. The molecule has 0 aliphatic heterocycles. The maximum Gasteiger partial charge on any atom is 0.223 e. The summed E-state index contributed by atoms with van der Waals surface area (Å²) in [7, 11) is 0. The van der Waals surface area contributed by atoms with Gasteiger partial charge in [0.05, 0.1) is 10.0 Å². The van der Waals surface area contributed by atoms with Crippen molar-refractivity contribution < 1.29 is 4.74 Å². The van der Waals surface area contributed by atoms with E-state index >= 15 is 0 Å². The topological polar surface area (TPSA) is 22.1 Å². The van der Waals surface area contributed by atoms with Gasteiger partial charge in [-0.1, -0.05) is 45.2 Å². The lowest BCUT2D eigenvalue weighted by Gasteiger charge is -2.10. The van der Waals surface area contributed by atoms with Crippen LogP contribution in [0.5, 0.6) is 11.6 Å². The third-order valence-electron chi connectivity index (χ3n) is 2.18. The first kappa shape index (κ1) is 14.1. The highest BCUT2D eigenvalue weighted by molar-refractivity contribution is 9.10. The Morgan fingerprint density at radius 2 is 2.00 bits per heavy atom. The van der Waals surface area contributed by atoms with Crippen molar-refractivity contribution in [3.63, 3.8) is 0 Å². The minimum atomic E-state index is 0.470. The molecule has 0 bridgehead atoms. The van der Waals surface area contributed by atoms with Gasteiger partial charge in [0.25, 0.3) is 0 Å². The monoisotopic (exact) mass is 409 g/mol. The van der Waals surface area contributed by atoms with Gasteiger partial charge in [-0.3, -0.25) is 0 Å². The van der Waals surface area contributed by atoms with Crippen LogP contribution in [0.15, 0.2) is 34.9 Å². The lowest BCUT2D eigenvalue weighted by Crippen LogP contribution is -1.93. The van der Waals surface area contributed by atoms with Crippen LogP contribution in [-0.2, 0) is 5.33 Å². The summed E-state index contributed by atoms with van der Waals surface area (Å²) < 4.78 is 6.41. The smallest absolute Gasteiger partial charge is 0.223 e. The molecule has 0 atom stereocenters. The average Bonchev–Trinajstić information content (AvgIpc) is 2.36. The third kappa shape index (κ3) is 3.18. The molecule has 0 unspecified atom stereocenters. The molecule has 0 spiro atoms. The van der Waals surface area contributed by atoms with Gasteiger partial charge in [-0.05, 0) is 28.1 Å². The highest BCUT2D eigenvalue weighted by Gasteiger charge is 2.10. The highest BCUT2D eigenvalue weighted by Crippen LogP contribution is 2.36. The Morgan fingerprint density at radius 1 is 1.22 bits per heavy atom. The SMILES string of the molecule is Clc1cc(Oc2ncccc2CBr)c(Cl)cc1Br. The van der Waals surface area contributed by atoms with Crippen LogP contribution in [0.4, 0.5) is 0 Å². The van der Waals surface area contributed by atoms with Gasteiger partial charge in [0, 0.05) is 27.6 Å². The fourth-order valence-corrected chi connectivity index (χ4v) is 2.56. The summed E-state index contributed by atoms with van der Waals surface area (Å²) in [6.45, 7) is 0. The largest absolute Gasteiger partial charge is 0.437 e. The van der Waals surface area contributed by atoms with Gasteiger partial charge in [-0.25, -0.2) is 4.98 Å². The third-order valence-corrected chi connectivity index (χ3v) is 4.27. The minimum Gasteiger partial charge on any atom is -0.437 e. The fourth-order valence-electron chi connectivity index (χ4n) is 1.30. The van der Waals surface area contributed by atoms with Crippen molar-refractivity contribution in [2.45, 2.75) is 5.33 Å². The number of pyridine rings is 1. The summed E-state index contributed by atoms with van der Waals surface area (Å²) in [5.74, 6) is 0.987. The maximum absolute atomic E-state index is 6.09. The second kappa shape index (κ2) is 6.24. The van der Waals surface area contributed by atoms with Crippen molar-refractivity contribution in [1.82, 2.24) is 4.98 Å². The number of alkyl halides is 1. The van der Waals surface area contributed by atoms with E-state index < -0.39 is 0 Å². The summed E-state index contributed by atoms with van der Waals surface area (Å²) in [6, 6.07) is 7.11. The van der Waals surface area contributed by atoms with Crippen molar-refractivity contribution in [3.05, 3.63) is 50.5 Å². The predicted octanol–water partition coefficient (Wildman–Crippen LogP) is 5.84. The maximum atomic E-state index is 6.09. The Labute approximate surface area is 132 Å². The van der Waals surface area contributed by atoms with Crippen molar-refractivity contribution in [3.8, 4) is 11.6 Å². The minimum absolute atomic E-state index is 0.470. The summed E-state index contributed by atoms with van der Waals surface area (Å²) >= 11 is 18.8. The van der Waals surface area contributed by atoms with Crippen LogP contribution in [0, 0.1) is 0 Å². The normalized spacial score (nSPS) is 10.4. The summed E-state index contributed by atoms with van der Waals surface area (Å²) in [4.78, 5) is 4.17. The molecule has 0 amide bonds. The van der Waals surface area contributed by atoms with Crippen LogP contribution in [-0.4, -0.2) is 4.98 Å². The highest BCUT2D eigenvalue weighted by atomic mass is 79.9. The molecule has 94 valence electrons. The van der Waals surface area contributed by atoms with E-state index in [2.05, 4.69) is 36.8 Å². The lowest BCUT2D eigenvalue weighted by atomic mass is 10.3. The molecule has 18 heavy (non-hydrogen) atoms. The van der Waals surface area contributed by atoms with Crippen LogP contribution in [0.1, 0.15) is 5.56 Å². The van der Waals surface area contributed by atoms with Crippen LogP contribution in [0.2, 0.25) is 10.0 Å². The number of hydrogen-bond donors (Lipinski definition) is 0. The molecule has 0 saturated heterocycles. The van der Waals surface area contributed by atoms with E-state index in [1.54, 1.807) is 18.3 Å². The molecule has 0 saturated carbocycles. The number of nitrogens with zero attached hydrogens (tertiary/aromatic N) is 1. The Bertz CT molecular complexity index is 578. The van der Waals surface area contributed by atoms with Crippen molar-refractivity contribution in [2.75, 3.05) is 0 Å². The van der Waals surface area contributed by atoms with Crippen molar-refractivity contribution in [1.29, 1.82) is 0 Å². The summed E-state index contributed by atoms with van der Waals surface area (Å²) in [6.07, 6.45) is 1.66. The molecule has 2 aromatic rings. The lowest BCUT2D eigenvalue weighted by molar-refractivity contribution is 0.459. The van der Waals surface area contributed by atoms with Crippen LogP contribution < -0.4 is 4.74 Å². The number of halogens is 4. The van der Waals surface area contributed by atoms with Crippen molar-refractivity contribution >= 4 is 55.1 Å². The molecule has 6 heteroatoms. The van der Waals surface area contributed by atoms with E-state index in [1.807, 2.05) is 12.1 Å². The van der Waals surface area contributed by atoms with E-state index in [9.17, 15) is 0 Å². The molecule has 2 nitrogen and oxygen atoms in total.